The number of hydrogen-bond donors (Lipinski definition) is 3. The Morgan fingerprint density at radius 1 is 1.56 bits per heavy atom. The third-order valence-electron chi connectivity index (χ3n) is 2.26. The lowest BCUT2D eigenvalue weighted by atomic mass is 10.1. The van der Waals surface area contributed by atoms with E-state index in [0.29, 0.717) is 11.3 Å². The largest absolute Gasteiger partial charge is 0.508 e. The summed E-state index contributed by atoms with van der Waals surface area (Å²) in [5, 5.41) is 20.9. The molecule has 88 valence electrons. The number of ether oxygens (including phenoxy) is 1. The predicted octanol–water partition coefficient (Wildman–Crippen LogP) is 1.14. The molecular formula is C11H15NO4. The molecule has 0 spiro atoms. The molecule has 0 fully saturated rings. The molecule has 5 nitrogen and oxygen atoms in total. The second kappa shape index (κ2) is 5.37. The zero-order valence-electron chi connectivity index (χ0n) is 9.23. The Labute approximate surface area is 93.7 Å². The number of hydrogen-bond acceptors (Lipinski definition) is 4. The highest BCUT2D eigenvalue weighted by Gasteiger charge is 2.12. The molecule has 0 aliphatic carbocycles. The van der Waals surface area contributed by atoms with Gasteiger partial charge in [-0.3, -0.25) is 4.79 Å². The van der Waals surface area contributed by atoms with Crippen LogP contribution < -0.4 is 10.1 Å². The van der Waals surface area contributed by atoms with E-state index in [0.717, 1.165) is 0 Å². The summed E-state index contributed by atoms with van der Waals surface area (Å²) in [6.07, 6.45) is 0. The normalized spacial score (nSPS) is 12.1. The van der Waals surface area contributed by atoms with Crippen molar-refractivity contribution in [1.29, 1.82) is 0 Å². The van der Waals surface area contributed by atoms with E-state index < -0.39 is 5.97 Å². The molecule has 0 saturated carbocycles. The van der Waals surface area contributed by atoms with Crippen LogP contribution in [0.5, 0.6) is 11.5 Å². The minimum Gasteiger partial charge on any atom is -0.508 e. The second-order valence-electron chi connectivity index (χ2n) is 3.42. The first-order valence-electron chi connectivity index (χ1n) is 4.86. The van der Waals surface area contributed by atoms with Gasteiger partial charge in [-0.1, -0.05) is 0 Å². The van der Waals surface area contributed by atoms with Gasteiger partial charge in [0.1, 0.15) is 11.5 Å². The maximum absolute atomic E-state index is 10.4. The third-order valence-corrected chi connectivity index (χ3v) is 2.26. The van der Waals surface area contributed by atoms with E-state index in [1.54, 1.807) is 19.1 Å². The molecule has 5 heteroatoms. The minimum atomic E-state index is -0.936. The minimum absolute atomic E-state index is 0.117. The van der Waals surface area contributed by atoms with Gasteiger partial charge in [-0.05, 0) is 25.1 Å². The SMILES string of the molecule is COc1ccc(O)c(C(C)NCC(=O)O)c1. The number of carbonyl (C=O) groups is 1. The van der Waals surface area contributed by atoms with Crippen molar-refractivity contribution in [2.45, 2.75) is 13.0 Å². The van der Waals surface area contributed by atoms with Crippen molar-refractivity contribution < 1.29 is 19.7 Å². The summed E-state index contributed by atoms with van der Waals surface area (Å²) in [5.74, 6) is -0.197. The van der Waals surface area contributed by atoms with Crippen molar-refractivity contribution in [3.05, 3.63) is 23.8 Å². The van der Waals surface area contributed by atoms with Gasteiger partial charge in [-0.2, -0.15) is 0 Å². The lowest BCUT2D eigenvalue weighted by molar-refractivity contribution is -0.136. The van der Waals surface area contributed by atoms with E-state index in [1.807, 2.05) is 0 Å². The summed E-state index contributed by atoms with van der Waals surface area (Å²) in [7, 11) is 1.53. The van der Waals surface area contributed by atoms with Crippen LogP contribution >= 0.6 is 0 Å². The summed E-state index contributed by atoms with van der Waals surface area (Å²) in [4.78, 5) is 10.4. The van der Waals surface area contributed by atoms with Crippen LogP contribution in [0.15, 0.2) is 18.2 Å². The molecule has 3 N–H and O–H groups in total. The third kappa shape index (κ3) is 3.13. The van der Waals surface area contributed by atoms with Crippen molar-refractivity contribution in [1.82, 2.24) is 5.32 Å². The van der Waals surface area contributed by atoms with Gasteiger partial charge >= 0.3 is 5.97 Å². The molecule has 0 amide bonds. The maximum Gasteiger partial charge on any atom is 0.317 e. The fourth-order valence-corrected chi connectivity index (χ4v) is 1.36. The van der Waals surface area contributed by atoms with Gasteiger partial charge in [0.2, 0.25) is 0 Å². The summed E-state index contributed by atoms with van der Waals surface area (Å²) < 4.78 is 5.03. The Hall–Kier alpha value is -1.75. The van der Waals surface area contributed by atoms with Crippen molar-refractivity contribution in [3.63, 3.8) is 0 Å². The summed E-state index contributed by atoms with van der Waals surface area (Å²) in [6.45, 7) is 1.62. The highest BCUT2D eigenvalue weighted by molar-refractivity contribution is 5.69. The molecule has 16 heavy (non-hydrogen) atoms. The highest BCUT2D eigenvalue weighted by Crippen LogP contribution is 2.27. The molecule has 0 saturated heterocycles. The molecule has 0 radical (unpaired) electrons. The topological polar surface area (TPSA) is 78.8 Å². The lowest BCUT2D eigenvalue weighted by Crippen LogP contribution is -2.25. The molecular weight excluding hydrogens is 210 g/mol. The van der Waals surface area contributed by atoms with Gasteiger partial charge in [-0.25, -0.2) is 0 Å². The number of nitrogens with one attached hydrogen (secondary N) is 1. The Balaban J connectivity index is 2.80. The molecule has 0 aliphatic heterocycles. The molecule has 0 aliphatic rings. The highest BCUT2D eigenvalue weighted by atomic mass is 16.5. The van der Waals surface area contributed by atoms with Crippen molar-refractivity contribution in [2.75, 3.05) is 13.7 Å². The number of carboxylic acids is 1. The average molecular weight is 225 g/mol. The maximum atomic E-state index is 10.4. The van der Waals surface area contributed by atoms with Crippen LogP contribution in [0.4, 0.5) is 0 Å². The molecule has 1 aromatic carbocycles. The number of carboxylic acid groups (broad SMARTS) is 1. The number of aromatic hydroxyl groups is 1. The molecule has 1 aromatic rings. The first kappa shape index (κ1) is 12.3. The average Bonchev–Trinajstić information content (AvgIpc) is 2.26. The summed E-state index contributed by atoms with van der Waals surface area (Å²) in [6, 6.07) is 4.58. The molecule has 0 bridgehead atoms. The number of phenolic OH excluding ortho intramolecular Hbond substituents is 1. The monoisotopic (exact) mass is 225 g/mol. The number of benzene rings is 1. The van der Waals surface area contributed by atoms with E-state index in [4.69, 9.17) is 9.84 Å². The Bertz CT molecular complexity index is 378. The smallest absolute Gasteiger partial charge is 0.317 e. The predicted molar refractivity (Wildman–Crippen MR) is 58.7 cm³/mol. The molecule has 1 atom stereocenters. The Kier molecular flexibility index (Phi) is 4.13. The van der Waals surface area contributed by atoms with Crippen LogP contribution in [-0.4, -0.2) is 29.8 Å². The number of phenols is 1. The van der Waals surface area contributed by atoms with Crippen molar-refractivity contribution in [2.24, 2.45) is 0 Å². The van der Waals surface area contributed by atoms with Gasteiger partial charge in [-0.15, -0.1) is 0 Å². The molecule has 1 rings (SSSR count). The first-order chi connectivity index (χ1) is 7.54. The van der Waals surface area contributed by atoms with Crippen LogP contribution in [0.25, 0.3) is 0 Å². The van der Waals surface area contributed by atoms with Crippen molar-refractivity contribution >= 4 is 5.97 Å². The Morgan fingerprint density at radius 3 is 2.81 bits per heavy atom. The van der Waals surface area contributed by atoms with E-state index in [1.165, 1.54) is 13.2 Å². The van der Waals surface area contributed by atoms with E-state index in [9.17, 15) is 9.90 Å². The molecule has 0 aromatic heterocycles. The summed E-state index contributed by atoms with van der Waals surface area (Å²) in [5.41, 5.74) is 0.612. The zero-order valence-corrected chi connectivity index (χ0v) is 9.23. The van der Waals surface area contributed by atoms with Gasteiger partial charge in [0.05, 0.1) is 13.7 Å². The summed E-state index contributed by atoms with van der Waals surface area (Å²) >= 11 is 0. The number of rotatable bonds is 5. The quantitative estimate of drug-likeness (QED) is 0.700. The van der Waals surface area contributed by atoms with E-state index in [-0.39, 0.29) is 18.3 Å². The molecule has 0 heterocycles. The number of methoxy groups -OCH3 is 1. The Morgan fingerprint density at radius 2 is 2.25 bits per heavy atom. The van der Waals surface area contributed by atoms with Gasteiger partial charge in [0.15, 0.2) is 0 Å². The van der Waals surface area contributed by atoms with Crippen LogP contribution in [0.3, 0.4) is 0 Å². The van der Waals surface area contributed by atoms with Gasteiger partial charge in [0.25, 0.3) is 0 Å². The van der Waals surface area contributed by atoms with Crippen LogP contribution in [-0.2, 0) is 4.79 Å². The molecule has 1 unspecified atom stereocenters. The van der Waals surface area contributed by atoms with E-state index >= 15 is 0 Å². The standard InChI is InChI=1S/C11H15NO4/c1-7(12-6-11(14)15)9-5-8(16-2)3-4-10(9)13/h3-5,7,12-13H,6H2,1-2H3,(H,14,15). The van der Waals surface area contributed by atoms with Gasteiger partial charge < -0.3 is 20.3 Å². The van der Waals surface area contributed by atoms with Gasteiger partial charge in [0, 0.05) is 11.6 Å². The lowest BCUT2D eigenvalue weighted by Gasteiger charge is -2.15. The fourth-order valence-electron chi connectivity index (χ4n) is 1.36. The zero-order chi connectivity index (χ0) is 12.1. The van der Waals surface area contributed by atoms with E-state index in [2.05, 4.69) is 5.32 Å². The number of aliphatic carboxylic acids is 1. The van der Waals surface area contributed by atoms with Crippen LogP contribution in [0, 0.1) is 0 Å². The fraction of sp³-hybridized carbons (Fsp3) is 0.364. The first-order valence-corrected chi connectivity index (χ1v) is 4.86. The van der Waals surface area contributed by atoms with Crippen LogP contribution in [0.2, 0.25) is 0 Å². The van der Waals surface area contributed by atoms with Crippen molar-refractivity contribution in [3.8, 4) is 11.5 Å². The van der Waals surface area contributed by atoms with Crippen LogP contribution in [0.1, 0.15) is 18.5 Å². The second-order valence-corrected chi connectivity index (χ2v) is 3.42.